The third-order valence-electron chi connectivity index (χ3n) is 5.06. The summed E-state index contributed by atoms with van der Waals surface area (Å²) in [5, 5.41) is 9.34. The molecule has 1 heterocycles. The Morgan fingerprint density at radius 2 is 1.50 bits per heavy atom. The fraction of sp³-hybridized carbons (Fsp3) is 0.364. The number of aliphatic carboxylic acids is 1. The second-order valence-electron chi connectivity index (χ2n) is 7.03. The Kier molecular flexibility index (Phi) is 6.05. The van der Waals surface area contributed by atoms with Crippen LogP contribution in [0.1, 0.15) is 30.4 Å². The molecule has 1 amide bonds. The highest BCUT2D eigenvalue weighted by Gasteiger charge is 2.34. The van der Waals surface area contributed by atoms with Crippen LogP contribution in [-0.2, 0) is 22.4 Å². The Labute approximate surface area is 154 Å². The van der Waals surface area contributed by atoms with E-state index in [1.54, 1.807) is 4.90 Å². The van der Waals surface area contributed by atoms with Crippen LogP contribution in [-0.4, -0.2) is 34.5 Å². The summed E-state index contributed by atoms with van der Waals surface area (Å²) in [6.07, 6.45) is 3.33. The van der Waals surface area contributed by atoms with Crippen molar-refractivity contribution >= 4 is 11.9 Å². The van der Waals surface area contributed by atoms with Gasteiger partial charge in [-0.3, -0.25) is 4.79 Å². The van der Waals surface area contributed by atoms with E-state index in [1.165, 1.54) is 11.1 Å². The van der Waals surface area contributed by atoms with Crippen LogP contribution >= 0.6 is 0 Å². The van der Waals surface area contributed by atoms with E-state index in [4.69, 9.17) is 0 Å². The van der Waals surface area contributed by atoms with Gasteiger partial charge in [0.1, 0.15) is 6.04 Å². The average Bonchev–Trinajstić information content (AvgIpc) is 3.14. The maximum Gasteiger partial charge on any atom is 0.326 e. The monoisotopic (exact) mass is 351 g/mol. The summed E-state index contributed by atoms with van der Waals surface area (Å²) < 4.78 is 0. The van der Waals surface area contributed by atoms with E-state index in [1.807, 2.05) is 36.4 Å². The summed E-state index contributed by atoms with van der Waals surface area (Å²) >= 11 is 0. The zero-order chi connectivity index (χ0) is 18.4. The molecular formula is C22H25NO3. The van der Waals surface area contributed by atoms with Gasteiger partial charge in [-0.15, -0.1) is 0 Å². The summed E-state index contributed by atoms with van der Waals surface area (Å²) in [5.41, 5.74) is 2.41. The van der Waals surface area contributed by atoms with Gasteiger partial charge in [0.25, 0.3) is 0 Å². The van der Waals surface area contributed by atoms with Crippen molar-refractivity contribution in [1.82, 2.24) is 4.90 Å². The van der Waals surface area contributed by atoms with Crippen LogP contribution in [0.3, 0.4) is 0 Å². The van der Waals surface area contributed by atoms with Gasteiger partial charge in [-0.25, -0.2) is 4.79 Å². The van der Waals surface area contributed by atoms with Crippen molar-refractivity contribution < 1.29 is 14.7 Å². The number of benzene rings is 2. The van der Waals surface area contributed by atoms with Crippen molar-refractivity contribution in [1.29, 1.82) is 0 Å². The van der Waals surface area contributed by atoms with Crippen molar-refractivity contribution in [2.24, 2.45) is 5.92 Å². The van der Waals surface area contributed by atoms with Crippen LogP contribution in [0.25, 0.3) is 0 Å². The van der Waals surface area contributed by atoms with Crippen LogP contribution in [0.4, 0.5) is 0 Å². The molecule has 0 aromatic heterocycles. The predicted molar refractivity (Wildman–Crippen MR) is 101 cm³/mol. The zero-order valence-electron chi connectivity index (χ0n) is 14.9. The molecule has 1 aliphatic heterocycles. The number of nitrogens with zero attached hydrogens (tertiary/aromatic N) is 1. The lowest BCUT2D eigenvalue weighted by molar-refractivity contribution is -0.148. The number of carbonyl (C=O) groups excluding carboxylic acids is 1. The van der Waals surface area contributed by atoms with E-state index >= 15 is 0 Å². The largest absolute Gasteiger partial charge is 0.480 e. The number of rotatable bonds is 7. The molecule has 0 spiro atoms. The lowest BCUT2D eigenvalue weighted by Gasteiger charge is -2.25. The van der Waals surface area contributed by atoms with Gasteiger partial charge in [0, 0.05) is 13.0 Å². The molecule has 1 fully saturated rings. The first-order chi connectivity index (χ1) is 12.6. The standard InChI is InChI=1S/C22H25NO3/c24-21(23-13-7-12-20(23)22(25)26)16-19(14-17-8-3-1-4-9-17)15-18-10-5-2-6-11-18/h1-6,8-11,19-20H,7,12-16H2,(H,25,26). The number of hydrogen-bond donors (Lipinski definition) is 1. The molecule has 2 aromatic rings. The van der Waals surface area contributed by atoms with Gasteiger partial charge < -0.3 is 10.0 Å². The van der Waals surface area contributed by atoms with Crippen molar-refractivity contribution in [3.8, 4) is 0 Å². The minimum atomic E-state index is -0.890. The van der Waals surface area contributed by atoms with E-state index in [9.17, 15) is 14.7 Å². The molecule has 26 heavy (non-hydrogen) atoms. The number of likely N-dealkylation sites (tertiary alicyclic amines) is 1. The normalized spacial score (nSPS) is 16.8. The van der Waals surface area contributed by atoms with Gasteiger partial charge >= 0.3 is 5.97 Å². The number of carboxylic acid groups (broad SMARTS) is 1. The minimum Gasteiger partial charge on any atom is -0.480 e. The third kappa shape index (κ3) is 4.72. The van der Waals surface area contributed by atoms with Crippen LogP contribution in [0.2, 0.25) is 0 Å². The molecule has 1 saturated heterocycles. The van der Waals surface area contributed by atoms with Crippen molar-refractivity contribution in [2.45, 2.75) is 38.1 Å². The van der Waals surface area contributed by atoms with E-state index in [0.717, 1.165) is 19.3 Å². The zero-order valence-corrected chi connectivity index (χ0v) is 14.9. The molecule has 3 rings (SSSR count). The smallest absolute Gasteiger partial charge is 0.326 e. The number of amides is 1. The minimum absolute atomic E-state index is 0.0354. The first-order valence-corrected chi connectivity index (χ1v) is 9.23. The van der Waals surface area contributed by atoms with Gasteiger partial charge in [-0.1, -0.05) is 60.7 Å². The summed E-state index contributed by atoms with van der Waals surface area (Å²) in [6, 6.07) is 19.7. The Hall–Kier alpha value is -2.62. The predicted octanol–water partition coefficient (Wildman–Crippen LogP) is 3.55. The lowest BCUT2D eigenvalue weighted by Crippen LogP contribution is -2.41. The Morgan fingerprint density at radius 1 is 0.962 bits per heavy atom. The van der Waals surface area contributed by atoms with Gasteiger partial charge in [0.05, 0.1) is 0 Å². The molecule has 136 valence electrons. The Morgan fingerprint density at radius 3 is 2.00 bits per heavy atom. The summed E-state index contributed by atoms with van der Waals surface area (Å²) in [6.45, 7) is 0.555. The maximum atomic E-state index is 12.8. The highest BCUT2D eigenvalue weighted by molar-refractivity contribution is 5.84. The van der Waals surface area contributed by atoms with Gasteiger partial charge in [0.2, 0.25) is 5.91 Å². The molecular weight excluding hydrogens is 326 g/mol. The molecule has 1 atom stereocenters. The molecule has 1 N–H and O–H groups in total. The van der Waals surface area contributed by atoms with Crippen LogP contribution < -0.4 is 0 Å². The highest BCUT2D eigenvalue weighted by atomic mass is 16.4. The van der Waals surface area contributed by atoms with E-state index in [2.05, 4.69) is 24.3 Å². The maximum absolute atomic E-state index is 12.8. The summed E-state index contributed by atoms with van der Waals surface area (Å²) in [4.78, 5) is 25.8. The van der Waals surface area contributed by atoms with Crippen LogP contribution in [0.5, 0.6) is 0 Å². The number of hydrogen-bond acceptors (Lipinski definition) is 2. The van der Waals surface area contributed by atoms with Gasteiger partial charge in [-0.2, -0.15) is 0 Å². The van der Waals surface area contributed by atoms with Crippen molar-refractivity contribution in [3.05, 3.63) is 71.8 Å². The molecule has 0 saturated carbocycles. The first-order valence-electron chi connectivity index (χ1n) is 9.23. The molecule has 1 unspecified atom stereocenters. The molecule has 1 aliphatic rings. The van der Waals surface area contributed by atoms with Crippen molar-refractivity contribution in [2.75, 3.05) is 6.54 Å². The Bertz CT molecular complexity index is 688. The van der Waals surface area contributed by atoms with Gasteiger partial charge in [-0.05, 0) is 42.7 Å². The van der Waals surface area contributed by atoms with Crippen LogP contribution in [0.15, 0.2) is 60.7 Å². The summed E-state index contributed by atoms with van der Waals surface area (Å²) in [5.74, 6) is -0.771. The fourth-order valence-electron chi connectivity index (χ4n) is 3.80. The highest BCUT2D eigenvalue weighted by Crippen LogP contribution is 2.23. The molecule has 0 radical (unpaired) electrons. The Balaban J connectivity index is 1.72. The van der Waals surface area contributed by atoms with E-state index < -0.39 is 12.0 Å². The quantitative estimate of drug-likeness (QED) is 0.830. The fourth-order valence-corrected chi connectivity index (χ4v) is 3.80. The second-order valence-corrected chi connectivity index (χ2v) is 7.03. The molecule has 0 bridgehead atoms. The third-order valence-corrected chi connectivity index (χ3v) is 5.06. The topological polar surface area (TPSA) is 57.6 Å². The van der Waals surface area contributed by atoms with E-state index in [0.29, 0.717) is 19.4 Å². The molecule has 2 aromatic carbocycles. The summed E-state index contributed by atoms with van der Waals surface area (Å²) in [7, 11) is 0. The second kappa shape index (κ2) is 8.65. The molecule has 4 nitrogen and oxygen atoms in total. The first kappa shape index (κ1) is 18.2. The van der Waals surface area contributed by atoms with Gasteiger partial charge in [0.15, 0.2) is 0 Å². The number of carbonyl (C=O) groups is 2. The molecule has 4 heteroatoms. The number of carboxylic acids is 1. The average molecular weight is 351 g/mol. The van der Waals surface area contributed by atoms with Crippen molar-refractivity contribution in [3.63, 3.8) is 0 Å². The van der Waals surface area contributed by atoms with E-state index in [-0.39, 0.29) is 11.8 Å². The SMILES string of the molecule is O=C(O)C1CCCN1C(=O)CC(Cc1ccccc1)Cc1ccccc1. The van der Waals surface area contributed by atoms with Crippen LogP contribution in [0, 0.1) is 5.92 Å². The molecule has 0 aliphatic carbocycles. The lowest BCUT2D eigenvalue weighted by atomic mass is 9.89.